The van der Waals surface area contributed by atoms with E-state index in [-0.39, 0.29) is 40.9 Å². The quantitative estimate of drug-likeness (QED) is 0.0599. The number of rotatable bonds is 18. The Morgan fingerprint density at radius 2 is 1.06 bits per heavy atom. The third-order valence-electron chi connectivity index (χ3n) is 6.45. The highest BCUT2D eigenvalue weighted by Gasteiger charge is 2.36. The van der Waals surface area contributed by atoms with Crippen LogP contribution >= 0.6 is 82.5 Å². The second kappa shape index (κ2) is 17.7. The fraction of sp³-hybridized carbons (Fsp3) is 0.750. The maximum absolute atomic E-state index is 9.30. The van der Waals surface area contributed by atoms with Crippen LogP contribution in [0.5, 0.6) is 0 Å². The zero-order valence-electron chi connectivity index (χ0n) is 22.6. The zero-order valence-corrected chi connectivity index (χ0v) is 31.8. The molecule has 3 radical (unpaired) electrons. The van der Waals surface area contributed by atoms with Crippen molar-refractivity contribution in [3.05, 3.63) is 34.9 Å². The Hall–Kier alpha value is 2.77. The molecule has 1 aromatic carbocycles. The van der Waals surface area contributed by atoms with Gasteiger partial charge in [0, 0.05) is 30.1 Å². The van der Waals surface area contributed by atoms with Crippen LogP contribution < -0.4 is 0 Å². The number of hydrogen-bond donors (Lipinski definition) is 3. The monoisotopic (exact) mass is 885 g/mol. The van der Waals surface area contributed by atoms with Crippen molar-refractivity contribution in [2.24, 2.45) is 0 Å². The number of aliphatic hydroxyl groups is 3. The Balaban J connectivity index is 3.49. The summed E-state index contributed by atoms with van der Waals surface area (Å²) in [5.41, 5.74) is 3.09. The third kappa shape index (κ3) is 11.6. The van der Waals surface area contributed by atoms with Gasteiger partial charge in [0.2, 0.25) is 0 Å². The van der Waals surface area contributed by atoms with Crippen LogP contribution in [0.25, 0.3) is 0 Å². The smallest absolute Gasteiger partial charge is 0.172 e. The van der Waals surface area contributed by atoms with Crippen LogP contribution in [-0.2, 0) is 15.6 Å². The second-order valence-corrected chi connectivity index (χ2v) is 26.4. The van der Waals surface area contributed by atoms with Gasteiger partial charge in [-0.1, -0.05) is 155 Å². The molecule has 3 atom stereocenters. The molecular weight excluding hydrogens is 842 g/mol. The standard InChI is InChI=1S/C24H42B3I3O3P3/c1-22(2,27-34(28)15-9-14-33)19-16-20(23(3,4)35(29)25-10-7-12-31)18-21(17-19)24(5,6)36(30)26-11-8-13-32/h16-18,31-33H,7-15H2,1-6H3. The van der Waals surface area contributed by atoms with E-state index >= 15 is 0 Å². The fourth-order valence-electron chi connectivity index (χ4n) is 3.71. The molecule has 0 bridgehead atoms. The van der Waals surface area contributed by atoms with Crippen LogP contribution in [-0.4, -0.2) is 62.3 Å². The van der Waals surface area contributed by atoms with Crippen molar-refractivity contribution in [3.63, 3.8) is 0 Å². The lowest BCUT2D eigenvalue weighted by molar-refractivity contribution is 0.294. The van der Waals surface area contributed by atoms with E-state index in [1.165, 1.54) is 16.7 Å². The molecule has 3 nitrogen and oxygen atoms in total. The molecule has 1 aromatic rings. The van der Waals surface area contributed by atoms with Gasteiger partial charge in [-0.15, -0.1) is 0 Å². The molecule has 1 rings (SSSR count). The van der Waals surface area contributed by atoms with Crippen LogP contribution in [0.3, 0.4) is 0 Å². The van der Waals surface area contributed by atoms with Gasteiger partial charge < -0.3 is 15.3 Å². The molecule has 0 aromatic heterocycles. The molecule has 0 spiro atoms. The number of benzene rings is 1. The van der Waals surface area contributed by atoms with Crippen molar-refractivity contribution in [3.8, 4) is 0 Å². The first kappa shape index (κ1) is 36.8. The average Bonchev–Trinajstić information content (AvgIpc) is 2.82. The summed E-state index contributed by atoms with van der Waals surface area (Å²) in [6.07, 6.45) is 5.47. The molecular formula is C24H42B3I3O3P3. The van der Waals surface area contributed by atoms with Gasteiger partial charge in [0.05, 0.1) is 0 Å². The van der Waals surface area contributed by atoms with Gasteiger partial charge in [-0.2, -0.15) is 0 Å². The van der Waals surface area contributed by atoms with Gasteiger partial charge in [0.25, 0.3) is 0 Å². The van der Waals surface area contributed by atoms with E-state index in [1.807, 2.05) is 0 Å². The lowest BCUT2D eigenvalue weighted by atomic mass is 9.65. The van der Waals surface area contributed by atoms with Crippen molar-refractivity contribution >= 4 is 103 Å². The lowest BCUT2D eigenvalue weighted by Gasteiger charge is -2.38. The highest BCUT2D eigenvalue weighted by molar-refractivity contribution is 14.2. The molecule has 3 unspecified atom stereocenters. The summed E-state index contributed by atoms with van der Waals surface area (Å²) in [5.74, 6) is 0. The van der Waals surface area contributed by atoms with E-state index in [0.717, 1.165) is 38.1 Å². The Labute approximate surface area is 266 Å². The number of aliphatic hydroxyl groups excluding tert-OH is 3. The topological polar surface area (TPSA) is 60.7 Å². The minimum atomic E-state index is -0.394. The second-order valence-electron chi connectivity index (χ2n) is 10.7. The van der Waals surface area contributed by atoms with Gasteiger partial charge in [0.1, 0.15) is 0 Å². The molecule has 3 N–H and O–H groups in total. The highest BCUT2D eigenvalue weighted by atomic mass is 127. The average molecular weight is 885 g/mol. The molecule has 12 heteroatoms. The fourth-order valence-corrected chi connectivity index (χ4v) is 14.1. The number of hydrogen-bond acceptors (Lipinski definition) is 3. The van der Waals surface area contributed by atoms with Gasteiger partial charge >= 0.3 is 0 Å². The summed E-state index contributed by atoms with van der Waals surface area (Å²) in [6.45, 7) is 22.3. The van der Waals surface area contributed by atoms with Gasteiger partial charge in [-0.25, -0.2) is 0 Å². The van der Waals surface area contributed by atoms with Gasteiger partial charge in [-0.3, -0.25) is 0 Å². The first-order valence-electron chi connectivity index (χ1n) is 12.6. The Morgan fingerprint density at radius 3 is 1.44 bits per heavy atom. The largest absolute Gasteiger partial charge is 0.396 e. The molecule has 201 valence electrons. The van der Waals surface area contributed by atoms with Crippen LogP contribution in [0, 0.1) is 0 Å². The zero-order chi connectivity index (χ0) is 27.6. The molecule has 0 aliphatic carbocycles. The third-order valence-corrected chi connectivity index (χ3v) is 23.8. The molecule has 0 saturated heterocycles. The van der Waals surface area contributed by atoms with Crippen LogP contribution in [0.4, 0.5) is 0 Å². The normalized spacial score (nSPS) is 15.3. The molecule has 0 amide bonds. The highest BCUT2D eigenvalue weighted by Crippen LogP contribution is 2.64. The van der Waals surface area contributed by atoms with Crippen molar-refractivity contribution in [1.29, 1.82) is 0 Å². The Morgan fingerprint density at radius 1 is 0.667 bits per heavy atom. The maximum Gasteiger partial charge on any atom is 0.172 e. The summed E-state index contributed by atoms with van der Waals surface area (Å²) in [5, 5.41) is 27.8. The first-order chi connectivity index (χ1) is 16.7. The van der Waals surface area contributed by atoms with Crippen molar-refractivity contribution in [2.45, 2.75) is 89.1 Å². The van der Waals surface area contributed by atoms with Gasteiger partial charge in [0.15, 0.2) is 21.0 Å². The first-order valence-corrected chi connectivity index (χ1v) is 25.4. The molecule has 0 heterocycles. The predicted molar refractivity (Wildman–Crippen MR) is 195 cm³/mol. The Kier molecular flexibility index (Phi) is 18.1. The summed E-state index contributed by atoms with van der Waals surface area (Å²) in [4.78, 5) is 0. The SMILES string of the molecule is CC(C)([B]P(I)CCCO)c1cc(C(C)(C)P(I)[B]CCCO)cc(C(C)(C)P(I)[B]CCCO)c1. The van der Waals surface area contributed by atoms with E-state index in [2.05, 4.69) is 147 Å². The van der Waals surface area contributed by atoms with E-state index in [9.17, 15) is 15.3 Å². The van der Waals surface area contributed by atoms with Crippen LogP contribution in [0.15, 0.2) is 18.2 Å². The van der Waals surface area contributed by atoms with E-state index in [1.54, 1.807) is 0 Å². The van der Waals surface area contributed by atoms with Crippen molar-refractivity contribution in [2.75, 3.05) is 26.0 Å². The summed E-state index contributed by atoms with van der Waals surface area (Å²) < 4.78 is 0. The minimum absolute atomic E-state index is 0.0167. The lowest BCUT2D eigenvalue weighted by Crippen LogP contribution is -2.27. The minimum Gasteiger partial charge on any atom is -0.396 e. The van der Waals surface area contributed by atoms with Crippen LogP contribution in [0.2, 0.25) is 12.6 Å². The summed E-state index contributed by atoms with van der Waals surface area (Å²) in [7, 11) is 0. The van der Waals surface area contributed by atoms with Crippen molar-refractivity contribution in [1.82, 2.24) is 0 Å². The van der Waals surface area contributed by atoms with Gasteiger partial charge in [-0.05, 0) is 47.4 Å². The van der Waals surface area contributed by atoms with E-state index < -0.39 is 10.9 Å². The predicted octanol–water partition coefficient (Wildman–Crippen LogP) is 8.73. The molecule has 0 fully saturated rings. The van der Waals surface area contributed by atoms with Crippen molar-refractivity contribution < 1.29 is 15.3 Å². The molecule has 0 aliphatic rings. The van der Waals surface area contributed by atoms with E-state index in [4.69, 9.17) is 0 Å². The number of halogens is 3. The molecule has 0 saturated carbocycles. The Bertz CT molecular complexity index is 745. The maximum atomic E-state index is 9.30. The summed E-state index contributed by atoms with van der Waals surface area (Å²) >= 11 is 7.85. The molecule has 36 heavy (non-hydrogen) atoms. The molecule has 0 aliphatic heterocycles. The van der Waals surface area contributed by atoms with Crippen LogP contribution in [0.1, 0.15) is 77.5 Å². The van der Waals surface area contributed by atoms with E-state index in [0.29, 0.717) is 0 Å². The summed E-state index contributed by atoms with van der Waals surface area (Å²) in [6, 6.07) is 7.35.